The second kappa shape index (κ2) is 10.3. The SMILES string of the molecule is COCCN1CC2CC1CN2C1=NC(=O)C(=Cc2ccc3c(cnn3Cc3ccc(Cl)cc3C(F)(F)F)c2)S1. The number of ether oxygens (including phenoxy) is 1. The number of hydrogen-bond acceptors (Lipinski definition) is 6. The number of hydrogen-bond donors (Lipinski definition) is 0. The summed E-state index contributed by atoms with van der Waals surface area (Å²) in [6, 6.07) is 10.1. The number of alkyl halides is 3. The predicted octanol–water partition coefficient (Wildman–Crippen LogP) is 5.13. The van der Waals surface area contributed by atoms with Crippen molar-refractivity contribution in [2.75, 3.05) is 33.4 Å². The highest BCUT2D eigenvalue weighted by Gasteiger charge is 2.45. The van der Waals surface area contributed by atoms with Gasteiger partial charge in [-0.25, -0.2) is 0 Å². The number of rotatable bonds is 6. The number of likely N-dealkylation sites (tertiary alicyclic amines) is 2. The van der Waals surface area contributed by atoms with E-state index in [2.05, 4.69) is 19.9 Å². The van der Waals surface area contributed by atoms with Gasteiger partial charge in [0.2, 0.25) is 0 Å². The van der Waals surface area contributed by atoms with E-state index >= 15 is 0 Å². The average Bonchev–Trinajstić information content (AvgIpc) is 3.67. The second-order valence-corrected chi connectivity index (χ2v) is 11.4. The van der Waals surface area contributed by atoms with E-state index in [1.165, 1.54) is 28.6 Å². The number of halogens is 4. The number of amidine groups is 1. The van der Waals surface area contributed by atoms with Crippen molar-refractivity contribution in [2.24, 2.45) is 4.99 Å². The van der Waals surface area contributed by atoms with Crippen LogP contribution in [0.25, 0.3) is 17.0 Å². The molecule has 0 radical (unpaired) electrons. The molecule has 12 heteroatoms. The largest absolute Gasteiger partial charge is 0.416 e. The summed E-state index contributed by atoms with van der Waals surface area (Å²) in [7, 11) is 1.71. The summed E-state index contributed by atoms with van der Waals surface area (Å²) in [5, 5.41) is 5.86. The highest BCUT2D eigenvalue weighted by Crippen LogP contribution is 2.38. The zero-order valence-corrected chi connectivity index (χ0v) is 22.6. The van der Waals surface area contributed by atoms with Crippen LogP contribution in [0.15, 0.2) is 52.5 Å². The van der Waals surface area contributed by atoms with Gasteiger partial charge in [0.1, 0.15) is 0 Å². The summed E-state index contributed by atoms with van der Waals surface area (Å²) < 4.78 is 47.4. The first-order chi connectivity index (χ1) is 18.7. The summed E-state index contributed by atoms with van der Waals surface area (Å²) in [5.41, 5.74) is 0.791. The number of aliphatic imine (C=N–C) groups is 1. The van der Waals surface area contributed by atoms with Gasteiger partial charge in [-0.05, 0) is 59.7 Å². The van der Waals surface area contributed by atoms with Crippen LogP contribution in [-0.4, -0.2) is 76.1 Å². The lowest BCUT2D eigenvalue weighted by atomic mass is 10.1. The van der Waals surface area contributed by atoms with Crippen LogP contribution in [0.2, 0.25) is 5.02 Å². The Morgan fingerprint density at radius 1 is 1.18 bits per heavy atom. The van der Waals surface area contributed by atoms with Crippen LogP contribution in [0.4, 0.5) is 13.2 Å². The molecule has 2 aromatic carbocycles. The topological polar surface area (TPSA) is 63.0 Å². The third-order valence-electron chi connectivity index (χ3n) is 7.45. The van der Waals surface area contributed by atoms with Crippen molar-refractivity contribution < 1.29 is 22.7 Å². The summed E-state index contributed by atoms with van der Waals surface area (Å²) >= 11 is 7.20. The lowest BCUT2D eigenvalue weighted by Crippen LogP contribution is -2.48. The Hall–Kier alpha value is -2.86. The molecule has 3 aromatic rings. The van der Waals surface area contributed by atoms with E-state index in [0.29, 0.717) is 29.1 Å². The summed E-state index contributed by atoms with van der Waals surface area (Å²) in [5.74, 6) is -0.257. The van der Waals surface area contributed by atoms with Crippen LogP contribution in [-0.2, 0) is 22.3 Å². The molecule has 3 aliphatic heterocycles. The molecule has 4 heterocycles. The predicted molar refractivity (Wildman–Crippen MR) is 146 cm³/mol. The molecule has 1 aromatic heterocycles. The number of aromatic nitrogens is 2. The third-order valence-corrected chi connectivity index (χ3v) is 8.71. The summed E-state index contributed by atoms with van der Waals surface area (Å²) in [6.07, 6.45) is -0.0343. The Kier molecular flexibility index (Phi) is 6.95. The standard InChI is InChI=1S/C27H25ClF3N5O2S/c1-38-7-6-34-14-21-11-20(34)15-35(21)26-33-25(37)24(39-26)9-16-2-5-23-18(8-16)12-32-36(23)13-17-3-4-19(28)10-22(17)27(29,30)31/h2-5,8-10,12,20-21H,6-7,11,13-15H2,1H3. The molecule has 2 saturated heterocycles. The van der Waals surface area contributed by atoms with E-state index in [9.17, 15) is 18.0 Å². The number of amides is 1. The zero-order chi connectivity index (χ0) is 27.3. The lowest BCUT2D eigenvalue weighted by molar-refractivity contribution is -0.138. The quantitative estimate of drug-likeness (QED) is 0.380. The third kappa shape index (κ3) is 5.20. The van der Waals surface area contributed by atoms with Gasteiger partial charge in [0.05, 0.1) is 35.3 Å². The molecule has 0 aliphatic carbocycles. The van der Waals surface area contributed by atoms with Crippen molar-refractivity contribution >= 4 is 51.4 Å². The first kappa shape index (κ1) is 26.4. The number of methoxy groups -OCH3 is 1. The van der Waals surface area contributed by atoms with Gasteiger partial charge in [0, 0.05) is 49.2 Å². The van der Waals surface area contributed by atoms with Gasteiger partial charge in [-0.1, -0.05) is 23.7 Å². The van der Waals surface area contributed by atoms with E-state index in [1.807, 2.05) is 12.1 Å². The fraction of sp³-hybridized carbons (Fsp3) is 0.370. The molecule has 204 valence electrons. The number of piperazine rings is 1. The maximum Gasteiger partial charge on any atom is 0.416 e. The summed E-state index contributed by atoms with van der Waals surface area (Å²) in [4.78, 5) is 22.3. The Bertz CT molecular complexity index is 1500. The van der Waals surface area contributed by atoms with Crippen LogP contribution >= 0.6 is 23.4 Å². The number of carbonyl (C=O) groups is 1. The molecule has 2 atom stereocenters. The maximum absolute atomic E-state index is 13.5. The van der Waals surface area contributed by atoms with Crippen LogP contribution < -0.4 is 0 Å². The molecular weight excluding hydrogens is 551 g/mol. The molecule has 2 fully saturated rings. The lowest BCUT2D eigenvalue weighted by Gasteiger charge is -2.34. The van der Waals surface area contributed by atoms with Gasteiger partial charge in [-0.3, -0.25) is 14.4 Å². The average molecular weight is 576 g/mol. The van der Waals surface area contributed by atoms with Gasteiger partial charge < -0.3 is 9.64 Å². The summed E-state index contributed by atoms with van der Waals surface area (Å²) in [6.45, 7) is 3.38. The fourth-order valence-corrected chi connectivity index (χ4v) is 6.74. The Morgan fingerprint density at radius 2 is 2.03 bits per heavy atom. The molecule has 6 rings (SSSR count). The fourth-order valence-electron chi connectivity index (χ4n) is 5.57. The monoisotopic (exact) mass is 575 g/mol. The molecule has 0 N–H and O–H groups in total. The number of nitrogens with zero attached hydrogens (tertiary/aromatic N) is 5. The van der Waals surface area contributed by atoms with Gasteiger partial charge >= 0.3 is 6.18 Å². The van der Waals surface area contributed by atoms with E-state index in [4.69, 9.17) is 16.3 Å². The first-order valence-electron chi connectivity index (χ1n) is 12.5. The van der Waals surface area contributed by atoms with Gasteiger partial charge in [-0.15, -0.1) is 0 Å². The van der Waals surface area contributed by atoms with Crippen LogP contribution in [0.5, 0.6) is 0 Å². The minimum atomic E-state index is -4.52. The second-order valence-electron chi connectivity index (χ2n) is 9.91. The van der Waals surface area contributed by atoms with E-state index in [-0.39, 0.29) is 23.0 Å². The van der Waals surface area contributed by atoms with Crippen molar-refractivity contribution in [3.8, 4) is 0 Å². The van der Waals surface area contributed by atoms with Crippen molar-refractivity contribution in [1.29, 1.82) is 0 Å². The molecule has 0 spiro atoms. The first-order valence-corrected chi connectivity index (χ1v) is 13.7. The number of carbonyl (C=O) groups excluding carboxylic acids is 1. The molecule has 1 amide bonds. The van der Waals surface area contributed by atoms with Crippen LogP contribution in [0.1, 0.15) is 23.1 Å². The highest BCUT2D eigenvalue weighted by atomic mass is 35.5. The van der Waals surface area contributed by atoms with E-state index < -0.39 is 11.7 Å². The van der Waals surface area contributed by atoms with Crippen molar-refractivity contribution in [3.63, 3.8) is 0 Å². The molecule has 39 heavy (non-hydrogen) atoms. The Labute approximate surface area is 232 Å². The molecule has 2 bridgehead atoms. The smallest absolute Gasteiger partial charge is 0.383 e. The van der Waals surface area contributed by atoms with Gasteiger partial charge in [0.15, 0.2) is 5.17 Å². The van der Waals surface area contributed by atoms with E-state index in [0.717, 1.165) is 48.2 Å². The number of fused-ring (bicyclic) bond motifs is 3. The van der Waals surface area contributed by atoms with E-state index in [1.54, 1.807) is 25.4 Å². The minimum absolute atomic E-state index is 0.0295. The molecule has 7 nitrogen and oxygen atoms in total. The van der Waals surface area contributed by atoms with Gasteiger partial charge in [-0.2, -0.15) is 23.3 Å². The van der Waals surface area contributed by atoms with Gasteiger partial charge in [0.25, 0.3) is 5.91 Å². The Balaban J connectivity index is 1.16. The number of thioether (sulfide) groups is 1. The van der Waals surface area contributed by atoms with Crippen LogP contribution in [0.3, 0.4) is 0 Å². The molecule has 2 unspecified atom stereocenters. The van der Waals surface area contributed by atoms with Crippen molar-refractivity contribution in [1.82, 2.24) is 19.6 Å². The van der Waals surface area contributed by atoms with Crippen molar-refractivity contribution in [3.05, 3.63) is 69.2 Å². The van der Waals surface area contributed by atoms with Crippen LogP contribution in [0, 0.1) is 0 Å². The molecular formula is C27H25ClF3N5O2S. The molecule has 3 aliphatic rings. The number of benzene rings is 2. The Morgan fingerprint density at radius 3 is 2.77 bits per heavy atom. The zero-order valence-electron chi connectivity index (χ0n) is 21.0. The maximum atomic E-state index is 13.5. The normalized spacial score (nSPS) is 22.6. The highest BCUT2D eigenvalue weighted by molar-refractivity contribution is 8.18. The molecule has 0 saturated carbocycles. The van der Waals surface area contributed by atoms with Crippen molar-refractivity contribution in [2.45, 2.75) is 31.2 Å². The minimum Gasteiger partial charge on any atom is -0.383 e.